The van der Waals surface area contributed by atoms with Gasteiger partial charge in [0.15, 0.2) is 0 Å². The molecule has 7 heteroatoms. The second-order valence-corrected chi connectivity index (χ2v) is 7.95. The number of nitrogens with one attached hydrogen (secondary N) is 1. The molecule has 6 nitrogen and oxygen atoms in total. The number of carbonyl (C=O) groups is 3. The van der Waals surface area contributed by atoms with Crippen LogP contribution in [0.1, 0.15) is 56.7 Å². The van der Waals surface area contributed by atoms with Crippen molar-refractivity contribution in [2.45, 2.75) is 47.0 Å². The third kappa shape index (κ3) is 5.16. The molecule has 1 heterocycles. The van der Waals surface area contributed by atoms with Crippen LogP contribution in [-0.2, 0) is 9.59 Å². The van der Waals surface area contributed by atoms with Crippen LogP contribution in [0.3, 0.4) is 0 Å². The first-order valence-electron chi connectivity index (χ1n) is 9.57. The molecule has 0 bridgehead atoms. The number of hydrogen-bond acceptors (Lipinski definition) is 5. The first-order valence-corrected chi connectivity index (χ1v) is 10.4. The average Bonchev–Trinajstić information content (AvgIpc) is 2.89. The summed E-state index contributed by atoms with van der Waals surface area (Å²) in [4.78, 5) is 38.1. The Balaban J connectivity index is 2.28. The lowest BCUT2D eigenvalue weighted by Gasteiger charge is -2.16. The average molecular weight is 405 g/mol. The number of imide groups is 1. The van der Waals surface area contributed by atoms with E-state index in [0.29, 0.717) is 18.1 Å². The Morgan fingerprint density at radius 3 is 2.61 bits per heavy atom. The maximum absolute atomic E-state index is 12.6. The van der Waals surface area contributed by atoms with Crippen molar-refractivity contribution >= 4 is 34.9 Å². The quantitative estimate of drug-likeness (QED) is 0.661. The van der Waals surface area contributed by atoms with E-state index in [9.17, 15) is 14.4 Å². The van der Waals surface area contributed by atoms with Gasteiger partial charge in [-0.05, 0) is 72.8 Å². The van der Waals surface area contributed by atoms with Gasteiger partial charge < -0.3 is 10.1 Å². The van der Waals surface area contributed by atoms with Crippen LogP contribution in [0.2, 0.25) is 0 Å². The number of thioether (sulfide) groups is 1. The fourth-order valence-electron chi connectivity index (χ4n) is 2.84. The Hall–Kier alpha value is -2.28. The second-order valence-electron chi connectivity index (χ2n) is 6.95. The summed E-state index contributed by atoms with van der Waals surface area (Å²) in [5, 5.41) is 2.26. The standard InChI is InChI=1S/C21H28N2O4S/c1-6-8-22-19(24)12-23-20(25)18(28-21(23)26)11-15-10-16(13(3)4)17(27-7-2)9-14(15)5/h9-11,13H,6-8,12H2,1-5H3,(H,22,24)/b18-11-. The van der Waals surface area contributed by atoms with Crippen LogP contribution in [0.15, 0.2) is 17.0 Å². The summed E-state index contributed by atoms with van der Waals surface area (Å²) in [6.07, 6.45) is 2.52. The zero-order chi connectivity index (χ0) is 20.8. The van der Waals surface area contributed by atoms with Crippen molar-refractivity contribution in [3.8, 4) is 5.75 Å². The van der Waals surface area contributed by atoms with Gasteiger partial charge in [0.25, 0.3) is 11.1 Å². The van der Waals surface area contributed by atoms with Crippen LogP contribution in [0.5, 0.6) is 5.75 Å². The molecule has 152 valence electrons. The summed E-state index contributed by atoms with van der Waals surface area (Å²) in [6, 6.07) is 3.97. The maximum atomic E-state index is 12.6. The molecule has 2 rings (SSSR count). The van der Waals surface area contributed by atoms with Gasteiger partial charge in [-0.15, -0.1) is 0 Å². The lowest BCUT2D eigenvalue weighted by Crippen LogP contribution is -2.39. The van der Waals surface area contributed by atoms with E-state index in [1.54, 1.807) is 6.08 Å². The number of carbonyl (C=O) groups excluding carboxylic acids is 3. The zero-order valence-electron chi connectivity index (χ0n) is 17.1. The van der Waals surface area contributed by atoms with E-state index < -0.39 is 11.1 Å². The molecule has 3 amide bonds. The molecule has 28 heavy (non-hydrogen) atoms. The fourth-order valence-corrected chi connectivity index (χ4v) is 3.67. The van der Waals surface area contributed by atoms with Gasteiger partial charge in [-0.1, -0.05) is 20.8 Å². The van der Waals surface area contributed by atoms with Crippen molar-refractivity contribution in [2.75, 3.05) is 19.7 Å². The molecule has 1 aliphatic rings. The number of hydrogen-bond donors (Lipinski definition) is 1. The largest absolute Gasteiger partial charge is 0.494 e. The lowest BCUT2D eigenvalue weighted by molar-refractivity contribution is -0.129. The van der Waals surface area contributed by atoms with Crippen LogP contribution in [-0.4, -0.2) is 41.6 Å². The number of amides is 3. The molecule has 1 aromatic carbocycles. The third-order valence-corrected chi connectivity index (χ3v) is 5.26. The van der Waals surface area contributed by atoms with Gasteiger partial charge in [-0.3, -0.25) is 19.3 Å². The van der Waals surface area contributed by atoms with Gasteiger partial charge in [0.1, 0.15) is 12.3 Å². The topological polar surface area (TPSA) is 75.7 Å². The van der Waals surface area contributed by atoms with Gasteiger partial charge in [0.05, 0.1) is 11.5 Å². The number of aryl methyl sites for hydroxylation is 1. The Morgan fingerprint density at radius 2 is 2.00 bits per heavy atom. The summed E-state index contributed by atoms with van der Waals surface area (Å²) in [6.45, 7) is 10.8. The van der Waals surface area contributed by atoms with Crippen LogP contribution in [0.25, 0.3) is 6.08 Å². The van der Waals surface area contributed by atoms with E-state index in [1.165, 1.54) is 0 Å². The van der Waals surface area contributed by atoms with E-state index in [4.69, 9.17) is 4.74 Å². The van der Waals surface area contributed by atoms with Crippen molar-refractivity contribution in [3.63, 3.8) is 0 Å². The normalized spacial score (nSPS) is 15.6. The molecule has 0 aliphatic carbocycles. The highest BCUT2D eigenvalue weighted by Gasteiger charge is 2.36. The van der Waals surface area contributed by atoms with E-state index in [1.807, 2.05) is 32.9 Å². The molecule has 0 aromatic heterocycles. The molecule has 0 spiro atoms. The molecular formula is C21H28N2O4S. The Kier molecular flexibility index (Phi) is 7.69. The van der Waals surface area contributed by atoms with E-state index in [0.717, 1.165) is 45.5 Å². The summed E-state index contributed by atoms with van der Waals surface area (Å²) >= 11 is 0.867. The highest BCUT2D eigenvalue weighted by atomic mass is 32.2. The molecule has 0 atom stereocenters. The second kappa shape index (κ2) is 9.78. The SMILES string of the molecule is CCCNC(=O)CN1C(=O)S/C(=C\c2cc(C(C)C)c(OCC)cc2C)C1=O. The van der Waals surface area contributed by atoms with Crippen LogP contribution >= 0.6 is 11.8 Å². The van der Waals surface area contributed by atoms with Crippen molar-refractivity contribution in [2.24, 2.45) is 0 Å². The summed E-state index contributed by atoms with van der Waals surface area (Å²) in [5.41, 5.74) is 2.88. The monoisotopic (exact) mass is 404 g/mol. The Labute approximate surface area is 170 Å². The first kappa shape index (κ1) is 22.0. The van der Waals surface area contributed by atoms with Crippen molar-refractivity contribution in [1.29, 1.82) is 0 Å². The summed E-state index contributed by atoms with van der Waals surface area (Å²) in [7, 11) is 0. The van der Waals surface area contributed by atoms with E-state index in [-0.39, 0.29) is 18.4 Å². The fraction of sp³-hybridized carbons (Fsp3) is 0.476. The minimum atomic E-state index is -0.430. The number of benzene rings is 1. The lowest BCUT2D eigenvalue weighted by atomic mass is 9.96. The summed E-state index contributed by atoms with van der Waals surface area (Å²) < 4.78 is 5.74. The zero-order valence-corrected chi connectivity index (χ0v) is 17.9. The van der Waals surface area contributed by atoms with E-state index in [2.05, 4.69) is 19.2 Å². The van der Waals surface area contributed by atoms with Gasteiger partial charge in [-0.2, -0.15) is 0 Å². The molecule has 1 fully saturated rings. The van der Waals surface area contributed by atoms with Crippen molar-refractivity contribution in [1.82, 2.24) is 10.2 Å². The molecule has 1 aromatic rings. The summed E-state index contributed by atoms with van der Waals surface area (Å²) in [5.74, 6) is 0.338. The first-order chi connectivity index (χ1) is 13.3. The predicted octanol–water partition coefficient (Wildman–Crippen LogP) is 4.08. The number of nitrogens with zero attached hydrogens (tertiary/aromatic N) is 1. The Morgan fingerprint density at radius 1 is 1.29 bits per heavy atom. The van der Waals surface area contributed by atoms with Crippen LogP contribution in [0, 0.1) is 6.92 Å². The molecule has 0 saturated carbocycles. The number of rotatable bonds is 8. The Bertz CT molecular complexity index is 802. The van der Waals surface area contributed by atoms with Gasteiger partial charge in [0, 0.05) is 6.54 Å². The maximum Gasteiger partial charge on any atom is 0.294 e. The third-order valence-electron chi connectivity index (χ3n) is 4.35. The van der Waals surface area contributed by atoms with Crippen LogP contribution in [0.4, 0.5) is 4.79 Å². The van der Waals surface area contributed by atoms with E-state index >= 15 is 0 Å². The van der Waals surface area contributed by atoms with Crippen molar-refractivity contribution in [3.05, 3.63) is 33.7 Å². The highest BCUT2D eigenvalue weighted by molar-refractivity contribution is 8.18. The predicted molar refractivity (Wildman–Crippen MR) is 112 cm³/mol. The molecule has 0 unspecified atom stereocenters. The van der Waals surface area contributed by atoms with Crippen LogP contribution < -0.4 is 10.1 Å². The minimum absolute atomic E-state index is 0.249. The highest BCUT2D eigenvalue weighted by Crippen LogP contribution is 2.35. The van der Waals surface area contributed by atoms with Gasteiger partial charge >= 0.3 is 0 Å². The van der Waals surface area contributed by atoms with Gasteiger partial charge in [-0.25, -0.2) is 0 Å². The smallest absolute Gasteiger partial charge is 0.294 e. The number of ether oxygens (including phenoxy) is 1. The van der Waals surface area contributed by atoms with Crippen molar-refractivity contribution < 1.29 is 19.1 Å². The minimum Gasteiger partial charge on any atom is -0.494 e. The van der Waals surface area contributed by atoms with Gasteiger partial charge in [0.2, 0.25) is 5.91 Å². The molecular weight excluding hydrogens is 376 g/mol. The molecule has 1 N–H and O–H groups in total. The molecule has 0 radical (unpaired) electrons. The molecule has 1 saturated heterocycles. The molecule has 1 aliphatic heterocycles.